The standard InChI is InChI=1S/C12H18F6O3/c1-5-9(2,3)8(19)20-6-7-21-10(4,11(13,14)15)12(16,17)18/h5-7H2,1-4H3. The SMILES string of the molecule is CCC(C)(C)C(=O)OCCOC(C)(C(F)(F)F)C(F)(F)F. The zero-order valence-electron chi connectivity index (χ0n) is 12.1. The second-order valence-corrected chi connectivity index (χ2v) is 5.25. The second-order valence-electron chi connectivity index (χ2n) is 5.25. The van der Waals surface area contributed by atoms with Crippen LogP contribution in [0.5, 0.6) is 0 Å². The fourth-order valence-corrected chi connectivity index (χ4v) is 1.04. The molecule has 0 aromatic carbocycles. The van der Waals surface area contributed by atoms with Gasteiger partial charge >= 0.3 is 18.3 Å². The van der Waals surface area contributed by atoms with Gasteiger partial charge in [-0.15, -0.1) is 0 Å². The summed E-state index contributed by atoms with van der Waals surface area (Å²) in [5.74, 6) is -0.714. The van der Waals surface area contributed by atoms with Gasteiger partial charge in [0.2, 0.25) is 0 Å². The second kappa shape index (κ2) is 6.41. The summed E-state index contributed by atoms with van der Waals surface area (Å²) in [6.45, 7) is 2.98. The van der Waals surface area contributed by atoms with Gasteiger partial charge in [0.1, 0.15) is 6.61 Å². The van der Waals surface area contributed by atoms with Crippen molar-refractivity contribution in [1.82, 2.24) is 0 Å². The molecule has 21 heavy (non-hydrogen) atoms. The van der Waals surface area contributed by atoms with Gasteiger partial charge in [-0.25, -0.2) is 0 Å². The van der Waals surface area contributed by atoms with E-state index in [1.54, 1.807) is 20.8 Å². The number of carbonyl (C=O) groups is 1. The van der Waals surface area contributed by atoms with Gasteiger partial charge in [-0.2, -0.15) is 26.3 Å². The average Bonchev–Trinajstić information content (AvgIpc) is 2.30. The van der Waals surface area contributed by atoms with Crippen LogP contribution in [0.25, 0.3) is 0 Å². The molecule has 0 aliphatic rings. The summed E-state index contributed by atoms with van der Waals surface area (Å²) >= 11 is 0. The molecule has 0 N–H and O–H groups in total. The Kier molecular flexibility index (Phi) is 6.11. The predicted octanol–water partition coefficient (Wildman–Crippen LogP) is 3.87. The van der Waals surface area contributed by atoms with Crippen LogP contribution < -0.4 is 0 Å². The van der Waals surface area contributed by atoms with Gasteiger partial charge in [-0.1, -0.05) is 6.92 Å². The molecular weight excluding hydrogens is 306 g/mol. The molecule has 0 unspecified atom stereocenters. The van der Waals surface area contributed by atoms with Gasteiger partial charge in [-0.3, -0.25) is 4.79 Å². The summed E-state index contributed by atoms with van der Waals surface area (Å²) in [7, 11) is 0. The molecule has 0 bridgehead atoms. The van der Waals surface area contributed by atoms with Crippen molar-refractivity contribution in [2.75, 3.05) is 13.2 Å². The highest BCUT2D eigenvalue weighted by Crippen LogP contribution is 2.45. The normalized spacial score (nSPS) is 14.2. The van der Waals surface area contributed by atoms with Gasteiger partial charge in [0.05, 0.1) is 12.0 Å². The van der Waals surface area contributed by atoms with Gasteiger partial charge in [-0.05, 0) is 27.2 Å². The van der Waals surface area contributed by atoms with Crippen LogP contribution in [0.4, 0.5) is 26.3 Å². The highest BCUT2D eigenvalue weighted by Gasteiger charge is 2.69. The third kappa shape index (κ3) is 4.76. The minimum Gasteiger partial charge on any atom is -0.463 e. The first-order valence-electron chi connectivity index (χ1n) is 6.13. The maximum absolute atomic E-state index is 12.5. The predicted molar refractivity (Wildman–Crippen MR) is 61.5 cm³/mol. The topological polar surface area (TPSA) is 35.5 Å². The van der Waals surface area contributed by atoms with Crippen molar-refractivity contribution in [3.8, 4) is 0 Å². The largest absolute Gasteiger partial charge is 0.463 e. The van der Waals surface area contributed by atoms with E-state index in [0.29, 0.717) is 6.42 Å². The number of halogens is 6. The Morgan fingerprint density at radius 1 is 0.905 bits per heavy atom. The number of hydrogen-bond donors (Lipinski definition) is 0. The van der Waals surface area contributed by atoms with Crippen LogP contribution in [0.3, 0.4) is 0 Å². The minimum absolute atomic E-state index is 0.106. The summed E-state index contributed by atoms with van der Waals surface area (Å²) < 4.78 is 83.4. The molecule has 0 aliphatic heterocycles. The first-order valence-corrected chi connectivity index (χ1v) is 6.13. The van der Waals surface area contributed by atoms with Crippen LogP contribution in [0.15, 0.2) is 0 Å². The quantitative estimate of drug-likeness (QED) is 0.423. The van der Waals surface area contributed by atoms with Crippen LogP contribution in [-0.4, -0.2) is 37.1 Å². The lowest BCUT2D eigenvalue weighted by Gasteiger charge is -2.33. The van der Waals surface area contributed by atoms with Gasteiger partial charge in [0.15, 0.2) is 0 Å². The van der Waals surface area contributed by atoms with E-state index in [1.807, 2.05) is 0 Å². The summed E-state index contributed by atoms with van der Waals surface area (Å²) in [6.07, 6.45) is -10.8. The molecule has 0 spiro atoms. The number of alkyl halides is 6. The Morgan fingerprint density at radius 2 is 1.33 bits per heavy atom. The van der Waals surface area contributed by atoms with Crippen molar-refractivity contribution in [3.63, 3.8) is 0 Å². The van der Waals surface area contributed by atoms with Crippen molar-refractivity contribution in [3.05, 3.63) is 0 Å². The number of ether oxygens (including phenoxy) is 2. The first kappa shape index (κ1) is 20.0. The zero-order chi connectivity index (χ0) is 17.1. The number of rotatable bonds is 6. The van der Waals surface area contributed by atoms with Crippen LogP contribution in [0.1, 0.15) is 34.1 Å². The van der Waals surface area contributed by atoms with Crippen molar-refractivity contribution < 1.29 is 40.6 Å². The maximum atomic E-state index is 12.5. The van der Waals surface area contributed by atoms with Crippen LogP contribution in [0, 0.1) is 5.41 Å². The molecule has 0 atom stereocenters. The fourth-order valence-electron chi connectivity index (χ4n) is 1.04. The Balaban J connectivity index is 4.60. The summed E-state index contributed by atoms with van der Waals surface area (Å²) in [5, 5.41) is 0. The summed E-state index contributed by atoms with van der Waals surface area (Å²) in [4.78, 5) is 11.5. The van der Waals surface area contributed by atoms with Gasteiger partial charge in [0.25, 0.3) is 5.60 Å². The number of esters is 1. The molecule has 0 saturated carbocycles. The Bertz CT molecular complexity index is 345. The summed E-state index contributed by atoms with van der Waals surface area (Å²) in [5.41, 5.74) is -5.16. The first-order chi connectivity index (χ1) is 9.19. The zero-order valence-corrected chi connectivity index (χ0v) is 12.1. The van der Waals surface area contributed by atoms with Crippen molar-refractivity contribution in [2.45, 2.75) is 52.1 Å². The average molecular weight is 324 g/mol. The summed E-state index contributed by atoms with van der Waals surface area (Å²) in [6, 6.07) is 0. The number of hydrogen-bond acceptors (Lipinski definition) is 3. The van der Waals surface area contributed by atoms with E-state index in [-0.39, 0.29) is 6.92 Å². The monoisotopic (exact) mass is 324 g/mol. The van der Waals surface area contributed by atoms with E-state index in [4.69, 9.17) is 0 Å². The van der Waals surface area contributed by atoms with E-state index in [9.17, 15) is 31.1 Å². The van der Waals surface area contributed by atoms with Crippen molar-refractivity contribution in [1.29, 1.82) is 0 Å². The molecule has 0 aromatic heterocycles. The molecule has 9 heteroatoms. The van der Waals surface area contributed by atoms with Gasteiger partial charge in [0, 0.05) is 0 Å². The van der Waals surface area contributed by atoms with Crippen LogP contribution in [-0.2, 0) is 14.3 Å². The Hall–Kier alpha value is -0.990. The highest BCUT2D eigenvalue weighted by molar-refractivity contribution is 5.75. The lowest BCUT2D eigenvalue weighted by Crippen LogP contribution is -2.56. The molecule has 0 aromatic rings. The molecule has 0 fully saturated rings. The smallest absolute Gasteiger partial charge is 0.426 e. The van der Waals surface area contributed by atoms with E-state index in [0.717, 1.165) is 0 Å². The van der Waals surface area contributed by atoms with E-state index >= 15 is 0 Å². The van der Waals surface area contributed by atoms with E-state index < -0.39 is 42.6 Å². The molecule has 0 radical (unpaired) electrons. The van der Waals surface area contributed by atoms with Crippen molar-refractivity contribution >= 4 is 5.97 Å². The molecular formula is C12H18F6O3. The highest BCUT2D eigenvalue weighted by atomic mass is 19.4. The minimum atomic E-state index is -5.63. The Morgan fingerprint density at radius 3 is 1.67 bits per heavy atom. The third-order valence-corrected chi connectivity index (χ3v) is 3.23. The molecule has 3 nitrogen and oxygen atoms in total. The lowest BCUT2D eigenvalue weighted by atomic mass is 9.91. The molecule has 0 heterocycles. The van der Waals surface area contributed by atoms with Crippen LogP contribution in [0.2, 0.25) is 0 Å². The molecule has 126 valence electrons. The maximum Gasteiger partial charge on any atom is 0.426 e. The van der Waals surface area contributed by atoms with E-state index in [2.05, 4.69) is 9.47 Å². The number of carbonyl (C=O) groups excluding carboxylic acids is 1. The molecule has 0 rings (SSSR count). The Labute approximate surface area is 118 Å². The lowest BCUT2D eigenvalue weighted by molar-refractivity contribution is -0.374. The molecule has 0 amide bonds. The molecule has 0 aliphatic carbocycles. The van der Waals surface area contributed by atoms with Crippen molar-refractivity contribution in [2.24, 2.45) is 5.41 Å². The fraction of sp³-hybridized carbons (Fsp3) is 0.917. The third-order valence-electron chi connectivity index (χ3n) is 3.23. The van der Waals surface area contributed by atoms with Gasteiger partial charge < -0.3 is 9.47 Å². The van der Waals surface area contributed by atoms with E-state index in [1.165, 1.54) is 0 Å². The van der Waals surface area contributed by atoms with Crippen LogP contribution >= 0.6 is 0 Å². The molecule has 0 saturated heterocycles.